The third-order valence-electron chi connectivity index (χ3n) is 3.95. The van der Waals surface area contributed by atoms with E-state index in [0.717, 1.165) is 24.9 Å². The van der Waals surface area contributed by atoms with E-state index in [0.29, 0.717) is 12.8 Å². The highest BCUT2D eigenvalue weighted by molar-refractivity contribution is 5.90. The summed E-state index contributed by atoms with van der Waals surface area (Å²) < 4.78 is 0. The molecule has 0 radical (unpaired) electrons. The zero-order valence-corrected chi connectivity index (χ0v) is 14.0. The van der Waals surface area contributed by atoms with Gasteiger partial charge in [-0.25, -0.2) is 0 Å². The maximum atomic E-state index is 11.9. The SMILES string of the molecule is CCCCCCCCC(CCC(=O)Nc1ccccc1)[N+](=O)[O-]. The van der Waals surface area contributed by atoms with Crippen LogP contribution in [0.25, 0.3) is 0 Å². The summed E-state index contributed by atoms with van der Waals surface area (Å²) >= 11 is 0. The molecule has 1 rings (SSSR count). The van der Waals surface area contributed by atoms with Crippen molar-refractivity contribution in [2.75, 3.05) is 5.32 Å². The largest absolute Gasteiger partial charge is 0.326 e. The molecule has 23 heavy (non-hydrogen) atoms. The van der Waals surface area contributed by atoms with Gasteiger partial charge < -0.3 is 5.32 Å². The van der Waals surface area contributed by atoms with E-state index in [1.165, 1.54) is 19.3 Å². The van der Waals surface area contributed by atoms with Crippen LogP contribution in [-0.2, 0) is 4.79 Å². The monoisotopic (exact) mass is 320 g/mol. The molecule has 1 N–H and O–H groups in total. The van der Waals surface area contributed by atoms with Gasteiger partial charge in [0.15, 0.2) is 0 Å². The van der Waals surface area contributed by atoms with Crippen molar-refractivity contribution in [2.24, 2.45) is 0 Å². The number of unbranched alkanes of at least 4 members (excludes halogenated alkanes) is 5. The highest BCUT2D eigenvalue weighted by Crippen LogP contribution is 2.14. The van der Waals surface area contributed by atoms with E-state index in [-0.39, 0.29) is 17.3 Å². The molecule has 0 spiro atoms. The number of benzene rings is 1. The van der Waals surface area contributed by atoms with Crippen molar-refractivity contribution in [1.82, 2.24) is 0 Å². The highest BCUT2D eigenvalue weighted by Gasteiger charge is 2.20. The molecule has 0 aliphatic heterocycles. The first-order valence-electron chi connectivity index (χ1n) is 8.62. The van der Waals surface area contributed by atoms with E-state index < -0.39 is 6.04 Å². The maximum absolute atomic E-state index is 11.9. The molecule has 0 saturated heterocycles. The molecule has 0 aliphatic carbocycles. The fourth-order valence-electron chi connectivity index (χ4n) is 2.56. The Bertz CT molecular complexity index is 463. The Hall–Kier alpha value is -1.91. The van der Waals surface area contributed by atoms with E-state index in [2.05, 4.69) is 12.2 Å². The average molecular weight is 320 g/mol. The number of anilines is 1. The van der Waals surface area contributed by atoms with Crippen molar-refractivity contribution in [3.63, 3.8) is 0 Å². The molecule has 0 saturated carbocycles. The quantitative estimate of drug-likeness (QED) is 0.341. The number of amides is 1. The topological polar surface area (TPSA) is 72.2 Å². The molecule has 128 valence electrons. The van der Waals surface area contributed by atoms with Gasteiger partial charge in [0, 0.05) is 29.9 Å². The molecule has 0 heterocycles. The molecule has 0 bridgehead atoms. The molecule has 1 amide bonds. The summed E-state index contributed by atoms with van der Waals surface area (Å²) in [5.41, 5.74) is 0.728. The Morgan fingerprint density at radius 2 is 1.74 bits per heavy atom. The van der Waals surface area contributed by atoms with Crippen molar-refractivity contribution in [3.8, 4) is 0 Å². The summed E-state index contributed by atoms with van der Waals surface area (Å²) in [5, 5.41) is 13.9. The second-order valence-corrected chi connectivity index (χ2v) is 5.95. The van der Waals surface area contributed by atoms with Gasteiger partial charge in [-0.15, -0.1) is 0 Å². The summed E-state index contributed by atoms with van der Waals surface area (Å²) in [5.74, 6) is -0.161. The fourth-order valence-corrected chi connectivity index (χ4v) is 2.56. The van der Waals surface area contributed by atoms with Gasteiger partial charge in [0.25, 0.3) is 0 Å². The molecule has 1 aromatic carbocycles. The van der Waals surface area contributed by atoms with Gasteiger partial charge >= 0.3 is 0 Å². The Morgan fingerprint density at radius 3 is 2.39 bits per heavy atom. The number of carbonyl (C=O) groups excluding carboxylic acids is 1. The lowest BCUT2D eigenvalue weighted by Crippen LogP contribution is -2.22. The Kier molecular flexibility index (Phi) is 9.68. The Morgan fingerprint density at radius 1 is 1.09 bits per heavy atom. The third-order valence-corrected chi connectivity index (χ3v) is 3.95. The summed E-state index contributed by atoms with van der Waals surface area (Å²) in [6.07, 6.45) is 7.77. The smallest absolute Gasteiger partial charge is 0.224 e. The van der Waals surface area contributed by atoms with Crippen LogP contribution in [0.5, 0.6) is 0 Å². The average Bonchev–Trinajstić information content (AvgIpc) is 2.54. The first-order valence-corrected chi connectivity index (χ1v) is 8.62. The molecule has 0 aliphatic rings. The van der Waals surface area contributed by atoms with Crippen LogP contribution in [0.1, 0.15) is 64.7 Å². The summed E-state index contributed by atoms with van der Waals surface area (Å²) in [7, 11) is 0. The number of hydrogen-bond acceptors (Lipinski definition) is 3. The summed E-state index contributed by atoms with van der Waals surface area (Å²) in [6.45, 7) is 2.17. The lowest BCUT2D eigenvalue weighted by atomic mass is 10.0. The lowest BCUT2D eigenvalue weighted by molar-refractivity contribution is -0.524. The number of rotatable bonds is 12. The van der Waals surface area contributed by atoms with Gasteiger partial charge in [0.05, 0.1) is 0 Å². The molecule has 5 heteroatoms. The Balaban J connectivity index is 2.24. The highest BCUT2D eigenvalue weighted by atomic mass is 16.6. The van der Waals surface area contributed by atoms with Crippen molar-refractivity contribution in [1.29, 1.82) is 0 Å². The van der Waals surface area contributed by atoms with Gasteiger partial charge in [-0.3, -0.25) is 14.9 Å². The second-order valence-electron chi connectivity index (χ2n) is 5.95. The van der Waals surface area contributed by atoms with Gasteiger partial charge in [-0.1, -0.05) is 57.2 Å². The zero-order chi connectivity index (χ0) is 16.9. The van der Waals surface area contributed by atoms with Crippen molar-refractivity contribution < 1.29 is 9.72 Å². The summed E-state index contributed by atoms with van der Waals surface area (Å²) in [4.78, 5) is 22.7. The standard InChI is InChI=1S/C18H28N2O3/c1-2-3-4-5-6-10-13-17(20(22)23)14-15-18(21)19-16-11-8-7-9-12-16/h7-9,11-12,17H,2-6,10,13-15H2,1H3,(H,19,21). The first kappa shape index (κ1) is 19.1. The van der Waals surface area contributed by atoms with Gasteiger partial charge in [-0.05, 0) is 18.6 Å². The number of carbonyl (C=O) groups is 1. The molecule has 5 nitrogen and oxygen atoms in total. The normalized spacial score (nSPS) is 11.9. The molecular formula is C18H28N2O3. The fraction of sp³-hybridized carbons (Fsp3) is 0.611. The van der Waals surface area contributed by atoms with Crippen LogP contribution in [0.15, 0.2) is 30.3 Å². The van der Waals surface area contributed by atoms with Gasteiger partial charge in [0.2, 0.25) is 11.9 Å². The molecule has 1 unspecified atom stereocenters. The van der Waals surface area contributed by atoms with Crippen molar-refractivity contribution >= 4 is 11.6 Å². The minimum Gasteiger partial charge on any atom is -0.326 e. The number of nitrogens with zero attached hydrogens (tertiary/aromatic N) is 1. The zero-order valence-electron chi connectivity index (χ0n) is 14.0. The molecule has 0 fully saturated rings. The lowest BCUT2D eigenvalue weighted by Gasteiger charge is -2.10. The molecule has 1 aromatic rings. The number of para-hydroxylation sites is 1. The maximum Gasteiger partial charge on any atom is 0.224 e. The van der Waals surface area contributed by atoms with Crippen LogP contribution in [-0.4, -0.2) is 16.9 Å². The number of hydrogen-bond donors (Lipinski definition) is 1. The van der Waals surface area contributed by atoms with E-state index in [4.69, 9.17) is 0 Å². The van der Waals surface area contributed by atoms with E-state index in [9.17, 15) is 14.9 Å². The van der Waals surface area contributed by atoms with Crippen LogP contribution in [0.4, 0.5) is 5.69 Å². The summed E-state index contributed by atoms with van der Waals surface area (Å²) in [6, 6.07) is 8.56. The third kappa shape index (κ3) is 8.96. The van der Waals surface area contributed by atoms with E-state index >= 15 is 0 Å². The van der Waals surface area contributed by atoms with Crippen LogP contribution in [0.2, 0.25) is 0 Å². The van der Waals surface area contributed by atoms with Crippen LogP contribution in [0.3, 0.4) is 0 Å². The van der Waals surface area contributed by atoms with Crippen molar-refractivity contribution in [2.45, 2.75) is 70.8 Å². The first-order chi connectivity index (χ1) is 11.1. The van der Waals surface area contributed by atoms with Crippen LogP contribution in [0, 0.1) is 10.1 Å². The second kappa shape index (κ2) is 11.6. The van der Waals surface area contributed by atoms with Gasteiger partial charge in [-0.2, -0.15) is 0 Å². The predicted octanol–water partition coefficient (Wildman–Crippen LogP) is 4.80. The van der Waals surface area contributed by atoms with Crippen molar-refractivity contribution in [3.05, 3.63) is 40.4 Å². The minimum absolute atomic E-state index is 0.161. The van der Waals surface area contributed by atoms with E-state index in [1.54, 1.807) is 12.1 Å². The molecule has 1 atom stereocenters. The number of nitro groups is 1. The van der Waals surface area contributed by atoms with Crippen LogP contribution >= 0.6 is 0 Å². The van der Waals surface area contributed by atoms with Gasteiger partial charge in [0.1, 0.15) is 0 Å². The number of nitrogens with one attached hydrogen (secondary N) is 1. The van der Waals surface area contributed by atoms with Crippen LogP contribution < -0.4 is 5.32 Å². The molecular weight excluding hydrogens is 292 g/mol. The minimum atomic E-state index is -0.609. The Labute approximate surface area is 138 Å². The molecule has 0 aromatic heterocycles. The van der Waals surface area contributed by atoms with E-state index in [1.807, 2.05) is 18.2 Å². The predicted molar refractivity (Wildman–Crippen MR) is 93.1 cm³/mol.